The second-order valence-corrected chi connectivity index (χ2v) is 9.16. The quantitative estimate of drug-likeness (QED) is 0.375. The zero-order valence-corrected chi connectivity index (χ0v) is 21.7. The molecule has 1 saturated heterocycles. The molecule has 3 rings (SSSR count). The molecule has 2 heterocycles. The van der Waals surface area contributed by atoms with Crippen LogP contribution in [0.25, 0.3) is 0 Å². The van der Waals surface area contributed by atoms with Crippen LogP contribution in [0.5, 0.6) is 5.75 Å². The number of hydrogen-bond acceptors (Lipinski definition) is 13. The maximum atomic E-state index is 12.9. The van der Waals surface area contributed by atoms with Crippen LogP contribution in [0.3, 0.4) is 0 Å². The van der Waals surface area contributed by atoms with Gasteiger partial charge in [0.1, 0.15) is 24.9 Å². The van der Waals surface area contributed by atoms with E-state index in [4.69, 9.17) is 46.9 Å². The maximum absolute atomic E-state index is 12.9. The van der Waals surface area contributed by atoms with Gasteiger partial charge in [-0.05, 0) is 37.0 Å². The van der Waals surface area contributed by atoms with Crippen LogP contribution in [0.15, 0.2) is 6.07 Å². The Bertz CT molecular complexity index is 1100. The van der Waals surface area contributed by atoms with Gasteiger partial charge in [0.2, 0.25) is 0 Å². The fraction of sp³-hybridized carbons (Fsp3) is 0.524. The van der Waals surface area contributed by atoms with Gasteiger partial charge in [0.25, 0.3) is 0 Å². The normalized spacial score (nSPS) is 23.8. The Morgan fingerprint density at radius 3 is 2.58 bits per heavy atom. The molecule has 0 spiro atoms. The van der Waals surface area contributed by atoms with Crippen molar-refractivity contribution >= 4 is 46.7 Å². The van der Waals surface area contributed by atoms with E-state index in [0.717, 1.165) is 11.5 Å². The summed E-state index contributed by atoms with van der Waals surface area (Å²) in [7, 11) is 1.25. The molecular formula is C21H24Cl2N2O10S. The molecule has 1 fully saturated rings. The van der Waals surface area contributed by atoms with E-state index in [-0.39, 0.29) is 45.8 Å². The van der Waals surface area contributed by atoms with E-state index >= 15 is 0 Å². The zero-order chi connectivity index (χ0) is 26.6. The molecule has 198 valence electrons. The Hall–Kier alpha value is -2.10. The van der Waals surface area contributed by atoms with Gasteiger partial charge in [0.15, 0.2) is 23.8 Å². The molecular weight excluding hydrogens is 543 g/mol. The smallest absolute Gasteiger partial charge is 0.360 e. The van der Waals surface area contributed by atoms with Crippen LogP contribution < -0.4 is 4.74 Å². The second-order valence-electron chi connectivity index (χ2n) is 7.54. The first kappa shape index (κ1) is 28.5. The molecule has 3 N–H and O–H groups in total. The minimum Gasteiger partial charge on any atom is -0.485 e. The minimum absolute atomic E-state index is 0.00808. The lowest BCUT2D eigenvalue weighted by molar-refractivity contribution is -0.293. The SMILES string of the molecule is CCOC(=O)c1nnsc1COc1c(Cl)cc(C(=O)O[C@H]2[C@@H](OC)O[C@H](CO)[C@@H](O)[C@@H]2O)c(C)c1Cl. The monoisotopic (exact) mass is 566 g/mol. The molecule has 5 atom stereocenters. The summed E-state index contributed by atoms with van der Waals surface area (Å²) in [6, 6.07) is 1.27. The average molecular weight is 567 g/mol. The van der Waals surface area contributed by atoms with Gasteiger partial charge < -0.3 is 39.0 Å². The second kappa shape index (κ2) is 12.4. The van der Waals surface area contributed by atoms with Gasteiger partial charge in [-0.25, -0.2) is 9.59 Å². The molecule has 36 heavy (non-hydrogen) atoms. The number of rotatable bonds is 9. The molecule has 15 heteroatoms. The van der Waals surface area contributed by atoms with E-state index in [0.29, 0.717) is 4.88 Å². The first-order valence-corrected chi connectivity index (χ1v) is 12.1. The van der Waals surface area contributed by atoms with Crippen molar-refractivity contribution in [1.29, 1.82) is 0 Å². The van der Waals surface area contributed by atoms with Crippen molar-refractivity contribution < 1.29 is 48.6 Å². The lowest BCUT2D eigenvalue weighted by Gasteiger charge is -2.40. The van der Waals surface area contributed by atoms with E-state index in [1.54, 1.807) is 6.92 Å². The molecule has 0 unspecified atom stereocenters. The number of aromatic nitrogens is 2. The van der Waals surface area contributed by atoms with E-state index in [1.165, 1.54) is 20.1 Å². The Kier molecular flexibility index (Phi) is 9.83. The number of carbonyl (C=O) groups excluding carboxylic acids is 2. The topological polar surface area (TPSA) is 167 Å². The number of ether oxygens (including phenoxy) is 5. The predicted molar refractivity (Wildman–Crippen MR) is 125 cm³/mol. The van der Waals surface area contributed by atoms with Crippen molar-refractivity contribution in [2.24, 2.45) is 0 Å². The van der Waals surface area contributed by atoms with Crippen molar-refractivity contribution in [3.05, 3.63) is 37.8 Å². The van der Waals surface area contributed by atoms with Crippen LogP contribution in [-0.2, 0) is 25.6 Å². The Morgan fingerprint density at radius 2 is 1.94 bits per heavy atom. The Balaban J connectivity index is 1.78. The molecule has 1 aliphatic heterocycles. The largest absolute Gasteiger partial charge is 0.485 e. The molecule has 0 saturated carbocycles. The van der Waals surface area contributed by atoms with Crippen molar-refractivity contribution in [3.63, 3.8) is 0 Å². The number of aliphatic hydroxyl groups is 3. The van der Waals surface area contributed by atoms with Crippen molar-refractivity contribution in [2.75, 3.05) is 20.3 Å². The van der Waals surface area contributed by atoms with Crippen LogP contribution in [0.1, 0.15) is 38.2 Å². The average Bonchev–Trinajstić information content (AvgIpc) is 3.33. The number of aliphatic hydroxyl groups excluding tert-OH is 3. The van der Waals surface area contributed by atoms with Crippen LogP contribution in [0, 0.1) is 6.92 Å². The molecule has 1 aromatic carbocycles. The first-order chi connectivity index (χ1) is 17.1. The van der Waals surface area contributed by atoms with Gasteiger partial charge in [-0.2, -0.15) is 0 Å². The zero-order valence-electron chi connectivity index (χ0n) is 19.3. The van der Waals surface area contributed by atoms with E-state index in [1.807, 2.05) is 0 Å². The molecule has 2 aromatic rings. The number of nitrogens with zero attached hydrogens (tertiary/aromatic N) is 2. The highest BCUT2D eigenvalue weighted by Gasteiger charge is 2.47. The summed E-state index contributed by atoms with van der Waals surface area (Å²) in [6.07, 6.45) is -6.91. The number of esters is 2. The molecule has 0 radical (unpaired) electrons. The highest BCUT2D eigenvalue weighted by Crippen LogP contribution is 2.39. The van der Waals surface area contributed by atoms with Gasteiger partial charge in [0.05, 0.1) is 33.7 Å². The summed E-state index contributed by atoms with van der Waals surface area (Å²) in [4.78, 5) is 25.3. The summed E-state index contributed by atoms with van der Waals surface area (Å²) in [5.41, 5.74) is 0.227. The van der Waals surface area contributed by atoms with Crippen molar-refractivity contribution in [1.82, 2.24) is 9.59 Å². The van der Waals surface area contributed by atoms with Gasteiger partial charge in [-0.15, -0.1) is 5.10 Å². The summed E-state index contributed by atoms with van der Waals surface area (Å²) in [5, 5.41) is 33.6. The Morgan fingerprint density at radius 1 is 1.22 bits per heavy atom. The summed E-state index contributed by atoms with van der Waals surface area (Å²) >= 11 is 13.7. The van der Waals surface area contributed by atoms with E-state index in [2.05, 4.69) is 9.59 Å². The summed E-state index contributed by atoms with van der Waals surface area (Å²) in [5.74, 6) is -1.52. The molecule has 1 aliphatic rings. The van der Waals surface area contributed by atoms with Crippen molar-refractivity contribution in [2.45, 2.75) is 51.2 Å². The van der Waals surface area contributed by atoms with Crippen molar-refractivity contribution in [3.8, 4) is 5.75 Å². The highest BCUT2D eigenvalue weighted by atomic mass is 35.5. The molecule has 1 aromatic heterocycles. The fourth-order valence-electron chi connectivity index (χ4n) is 3.39. The first-order valence-electron chi connectivity index (χ1n) is 10.6. The van der Waals surface area contributed by atoms with Gasteiger partial charge in [-0.3, -0.25) is 0 Å². The third kappa shape index (κ3) is 5.89. The lowest BCUT2D eigenvalue weighted by atomic mass is 9.99. The van der Waals surface area contributed by atoms with Crippen LogP contribution in [-0.4, -0.2) is 87.9 Å². The molecule has 12 nitrogen and oxygen atoms in total. The fourth-order valence-corrected chi connectivity index (χ4v) is 4.50. The Labute approximate surface area is 219 Å². The van der Waals surface area contributed by atoms with Gasteiger partial charge in [-0.1, -0.05) is 27.7 Å². The molecule has 0 aliphatic carbocycles. The number of methoxy groups -OCH3 is 1. The summed E-state index contributed by atoms with van der Waals surface area (Å²) in [6.45, 7) is 2.64. The van der Waals surface area contributed by atoms with Crippen LogP contribution in [0.4, 0.5) is 0 Å². The van der Waals surface area contributed by atoms with E-state index in [9.17, 15) is 24.9 Å². The number of carbonyl (C=O) groups is 2. The lowest BCUT2D eigenvalue weighted by Crippen LogP contribution is -2.60. The number of hydrogen-bond donors (Lipinski definition) is 3. The minimum atomic E-state index is -1.60. The van der Waals surface area contributed by atoms with Crippen LogP contribution in [0.2, 0.25) is 10.0 Å². The third-order valence-corrected chi connectivity index (χ3v) is 6.74. The molecule has 0 amide bonds. The van der Waals surface area contributed by atoms with Crippen LogP contribution >= 0.6 is 34.7 Å². The standard InChI is InChI=1S/C21H24Cl2N2O10S/c1-4-32-20(30)14-12(36-25-24-14)7-33-17-10(22)5-9(8(2)13(17)23)19(29)35-18-16(28)15(27)11(6-26)34-21(18)31-3/h5,11,15-16,18,21,26-28H,4,6-7H2,1-3H3/t11-,15-,16+,18-,21+/m1/s1. The van der Waals surface area contributed by atoms with E-state index < -0.39 is 49.3 Å². The highest BCUT2D eigenvalue weighted by molar-refractivity contribution is 7.05. The number of benzene rings is 1. The number of halogens is 2. The predicted octanol–water partition coefficient (Wildman–Crippen LogP) is 1.52. The summed E-state index contributed by atoms with van der Waals surface area (Å²) < 4.78 is 30.2. The third-order valence-electron chi connectivity index (χ3n) is 5.31. The van der Waals surface area contributed by atoms with Gasteiger partial charge in [0, 0.05) is 7.11 Å². The molecule has 0 bridgehead atoms. The maximum Gasteiger partial charge on any atom is 0.360 e. The van der Waals surface area contributed by atoms with Gasteiger partial charge >= 0.3 is 11.9 Å².